The molecule has 30 heavy (non-hydrogen) atoms. The van der Waals surface area contributed by atoms with Crippen LogP contribution in [0.3, 0.4) is 0 Å². The molecule has 0 amide bonds. The molecule has 4 rings (SSSR count). The van der Waals surface area contributed by atoms with Crippen molar-refractivity contribution in [1.82, 2.24) is 4.98 Å². The third kappa shape index (κ3) is 4.00. The summed E-state index contributed by atoms with van der Waals surface area (Å²) in [6.07, 6.45) is -0.0904. The molecule has 0 N–H and O–H groups in total. The zero-order chi connectivity index (χ0) is 21.5. The average Bonchev–Trinajstić information content (AvgIpc) is 3.14. The molecule has 2 atom stereocenters. The van der Waals surface area contributed by atoms with E-state index in [4.69, 9.17) is 9.15 Å². The van der Waals surface area contributed by atoms with E-state index in [1.54, 1.807) is 24.3 Å². The lowest BCUT2D eigenvalue weighted by Crippen LogP contribution is -2.45. The molecule has 0 saturated carbocycles. The molecule has 1 aromatic heterocycles. The standard InChI is InChI=1S/C23H26N2O4S/c1-15-8-10-20(11-9-15)30(26,27)22-23(25-13-17(3)28-18(4)14-25)29-21(24-22)19-7-5-6-16(2)12-19/h5-12,17-18H,13-14H2,1-4H3/t17-,18-/m0/s1. The highest BCUT2D eigenvalue weighted by atomic mass is 32.2. The summed E-state index contributed by atoms with van der Waals surface area (Å²) in [5.41, 5.74) is 2.78. The van der Waals surface area contributed by atoms with E-state index in [0.29, 0.717) is 19.0 Å². The second-order valence-electron chi connectivity index (χ2n) is 7.98. The summed E-state index contributed by atoms with van der Waals surface area (Å²) < 4.78 is 38.9. The van der Waals surface area contributed by atoms with Gasteiger partial charge in [-0.1, -0.05) is 35.4 Å². The second kappa shape index (κ2) is 7.89. The van der Waals surface area contributed by atoms with Gasteiger partial charge in [0.25, 0.3) is 0 Å². The second-order valence-corrected chi connectivity index (χ2v) is 9.84. The van der Waals surface area contributed by atoms with Crippen LogP contribution >= 0.6 is 0 Å². The van der Waals surface area contributed by atoms with Crippen LogP contribution in [0, 0.1) is 13.8 Å². The lowest BCUT2D eigenvalue weighted by Gasteiger charge is -2.35. The first kappa shape index (κ1) is 20.6. The highest BCUT2D eigenvalue weighted by Gasteiger charge is 2.34. The maximum absolute atomic E-state index is 13.5. The maximum Gasteiger partial charge on any atom is 0.236 e. The van der Waals surface area contributed by atoms with Crippen molar-refractivity contribution in [3.63, 3.8) is 0 Å². The molecule has 2 heterocycles. The van der Waals surface area contributed by atoms with E-state index in [1.807, 2.05) is 56.9 Å². The van der Waals surface area contributed by atoms with Crippen LogP contribution in [0.1, 0.15) is 25.0 Å². The Morgan fingerprint density at radius 2 is 1.63 bits per heavy atom. The lowest BCUT2D eigenvalue weighted by molar-refractivity contribution is -0.00657. The number of morpholine rings is 1. The van der Waals surface area contributed by atoms with E-state index in [-0.39, 0.29) is 28.0 Å². The Kier molecular flexibility index (Phi) is 5.42. The third-order valence-corrected chi connectivity index (χ3v) is 6.80. The van der Waals surface area contributed by atoms with Gasteiger partial charge < -0.3 is 14.1 Å². The minimum atomic E-state index is -3.86. The van der Waals surface area contributed by atoms with E-state index >= 15 is 0 Å². The summed E-state index contributed by atoms with van der Waals surface area (Å²) in [5.74, 6) is 0.570. The summed E-state index contributed by atoms with van der Waals surface area (Å²) >= 11 is 0. The van der Waals surface area contributed by atoms with E-state index in [2.05, 4.69) is 4.98 Å². The molecular weight excluding hydrogens is 400 g/mol. The molecule has 0 bridgehead atoms. The summed E-state index contributed by atoms with van der Waals surface area (Å²) in [6, 6.07) is 14.5. The number of aromatic nitrogens is 1. The third-order valence-electron chi connectivity index (χ3n) is 5.14. The summed E-state index contributed by atoms with van der Waals surface area (Å²) in [4.78, 5) is 6.60. The Bertz CT molecular complexity index is 1140. The number of benzene rings is 2. The van der Waals surface area contributed by atoms with Crippen molar-refractivity contribution in [2.45, 2.75) is 49.8 Å². The zero-order valence-corrected chi connectivity index (χ0v) is 18.4. The average molecular weight is 427 g/mol. The van der Waals surface area contributed by atoms with Gasteiger partial charge in [-0.15, -0.1) is 0 Å². The van der Waals surface area contributed by atoms with Crippen LogP contribution < -0.4 is 4.90 Å². The van der Waals surface area contributed by atoms with Gasteiger partial charge in [-0.3, -0.25) is 0 Å². The van der Waals surface area contributed by atoms with Gasteiger partial charge in [0, 0.05) is 18.7 Å². The topological polar surface area (TPSA) is 72.6 Å². The van der Waals surface area contributed by atoms with Crippen molar-refractivity contribution < 1.29 is 17.6 Å². The van der Waals surface area contributed by atoms with Crippen molar-refractivity contribution >= 4 is 15.7 Å². The van der Waals surface area contributed by atoms with Crippen LogP contribution in [0.2, 0.25) is 0 Å². The number of hydrogen-bond donors (Lipinski definition) is 0. The number of hydrogen-bond acceptors (Lipinski definition) is 6. The molecule has 7 heteroatoms. The van der Waals surface area contributed by atoms with Crippen LogP contribution in [0.25, 0.3) is 11.5 Å². The first-order valence-electron chi connectivity index (χ1n) is 10.0. The smallest absolute Gasteiger partial charge is 0.236 e. The number of nitrogens with zero attached hydrogens (tertiary/aromatic N) is 2. The van der Waals surface area contributed by atoms with Crippen LogP contribution in [0.15, 0.2) is 62.9 Å². The summed E-state index contributed by atoms with van der Waals surface area (Å²) in [7, 11) is -3.86. The quantitative estimate of drug-likeness (QED) is 0.616. The number of oxazole rings is 1. The Labute approximate surface area is 177 Å². The van der Waals surface area contributed by atoms with E-state index < -0.39 is 9.84 Å². The Hall–Kier alpha value is -2.64. The lowest BCUT2D eigenvalue weighted by atomic mass is 10.1. The van der Waals surface area contributed by atoms with Gasteiger partial charge in [0.2, 0.25) is 26.6 Å². The molecule has 3 aromatic rings. The number of sulfone groups is 1. The van der Waals surface area contributed by atoms with Crippen molar-refractivity contribution in [2.24, 2.45) is 0 Å². The van der Waals surface area contributed by atoms with E-state index in [1.165, 1.54) is 0 Å². The van der Waals surface area contributed by atoms with Gasteiger partial charge >= 0.3 is 0 Å². The molecule has 0 radical (unpaired) electrons. The molecule has 1 aliphatic rings. The molecule has 6 nitrogen and oxygen atoms in total. The molecule has 2 aromatic carbocycles. The van der Waals surface area contributed by atoms with Gasteiger partial charge in [0.1, 0.15) is 0 Å². The van der Waals surface area contributed by atoms with E-state index in [9.17, 15) is 8.42 Å². The highest BCUT2D eigenvalue weighted by Crippen LogP contribution is 2.36. The SMILES string of the molecule is Cc1ccc(S(=O)(=O)c2nc(-c3cccc(C)c3)oc2N2C[C@H](C)O[C@@H](C)C2)cc1. The molecule has 158 valence electrons. The van der Waals surface area contributed by atoms with Crippen LogP contribution in [0.4, 0.5) is 5.88 Å². The number of ether oxygens (including phenoxy) is 1. The number of aryl methyl sites for hydroxylation is 2. The predicted octanol–water partition coefficient (Wildman–Crippen LogP) is 4.40. The maximum atomic E-state index is 13.5. The van der Waals surface area contributed by atoms with Crippen molar-refractivity contribution in [1.29, 1.82) is 0 Å². The Balaban J connectivity index is 1.86. The number of rotatable bonds is 4. The van der Waals surface area contributed by atoms with Gasteiger partial charge in [0.15, 0.2) is 0 Å². The van der Waals surface area contributed by atoms with Crippen LogP contribution in [-0.4, -0.2) is 38.7 Å². The first-order valence-corrected chi connectivity index (χ1v) is 11.5. The molecule has 1 saturated heterocycles. The number of anilines is 1. The Morgan fingerprint density at radius 1 is 0.967 bits per heavy atom. The molecular formula is C23H26N2O4S. The van der Waals surface area contributed by atoms with Gasteiger partial charge in [-0.2, -0.15) is 4.98 Å². The summed E-state index contributed by atoms with van der Waals surface area (Å²) in [5, 5.41) is -0.0517. The molecule has 0 unspecified atom stereocenters. The molecule has 0 aliphatic carbocycles. The fourth-order valence-electron chi connectivity index (χ4n) is 3.75. The fourth-order valence-corrected chi connectivity index (χ4v) is 5.07. The van der Waals surface area contributed by atoms with Gasteiger partial charge in [0.05, 0.1) is 17.1 Å². The minimum Gasteiger partial charge on any atom is -0.419 e. The van der Waals surface area contributed by atoms with Gasteiger partial charge in [-0.25, -0.2) is 8.42 Å². The monoisotopic (exact) mass is 426 g/mol. The normalized spacial score (nSPS) is 19.8. The van der Waals surface area contributed by atoms with E-state index in [0.717, 1.165) is 16.7 Å². The highest BCUT2D eigenvalue weighted by molar-refractivity contribution is 7.91. The summed E-state index contributed by atoms with van der Waals surface area (Å²) in [6.45, 7) is 8.89. The van der Waals surface area contributed by atoms with Gasteiger partial charge in [-0.05, 0) is 52.0 Å². The predicted molar refractivity (Wildman–Crippen MR) is 116 cm³/mol. The Morgan fingerprint density at radius 3 is 2.27 bits per heavy atom. The fraction of sp³-hybridized carbons (Fsp3) is 0.348. The first-order chi connectivity index (χ1) is 14.2. The van der Waals surface area contributed by atoms with Crippen molar-refractivity contribution in [2.75, 3.05) is 18.0 Å². The van der Waals surface area contributed by atoms with Crippen LogP contribution in [-0.2, 0) is 14.6 Å². The molecule has 1 aliphatic heterocycles. The zero-order valence-electron chi connectivity index (χ0n) is 17.6. The largest absolute Gasteiger partial charge is 0.419 e. The minimum absolute atomic E-state index is 0.0452. The molecule has 0 spiro atoms. The van der Waals surface area contributed by atoms with Crippen LogP contribution in [0.5, 0.6) is 0 Å². The van der Waals surface area contributed by atoms with Crippen molar-refractivity contribution in [3.05, 3.63) is 59.7 Å². The molecule has 1 fully saturated rings. The van der Waals surface area contributed by atoms with Crippen molar-refractivity contribution in [3.8, 4) is 11.5 Å².